The second-order valence-electron chi connectivity index (χ2n) is 9.04. The molecule has 2 aromatic rings. The van der Waals surface area contributed by atoms with Gasteiger partial charge in [0.1, 0.15) is 6.54 Å². The molecule has 2 amide bonds. The molecule has 1 aliphatic carbocycles. The first-order valence-electron chi connectivity index (χ1n) is 11.1. The molecule has 4 rings (SSSR count). The number of likely N-dealkylation sites (N-methyl/N-ethyl adjacent to an activating group) is 1. The van der Waals surface area contributed by atoms with Gasteiger partial charge in [-0.05, 0) is 61.9 Å². The van der Waals surface area contributed by atoms with Crippen LogP contribution in [-0.4, -0.2) is 41.0 Å². The molecule has 2 aliphatic rings. The van der Waals surface area contributed by atoms with Gasteiger partial charge in [-0.25, -0.2) is 5.01 Å². The lowest BCUT2D eigenvalue weighted by Crippen LogP contribution is -2.42. The maximum atomic E-state index is 13.3. The molecule has 1 saturated carbocycles. The molecule has 5 heteroatoms. The predicted octanol–water partition coefficient (Wildman–Crippen LogP) is 4.55. The number of amides is 2. The van der Waals surface area contributed by atoms with E-state index < -0.39 is 0 Å². The average molecular weight is 418 g/mol. The van der Waals surface area contributed by atoms with E-state index in [0.29, 0.717) is 6.42 Å². The Labute approximate surface area is 184 Å². The van der Waals surface area contributed by atoms with Gasteiger partial charge in [0.25, 0.3) is 5.91 Å². The van der Waals surface area contributed by atoms with Crippen molar-refractivity contribution in [1.29, 1.82) is 0 Å². The molecule has 1 atom stereocenters. The number of rotatable bonds is 5. The molecule has 1 fully saturated rings. The van der Waals surface area contributed by atoms with Crippen molar-refractivity contribution in [2.75, 3.05) is 13.6 Å². The van der Waals surface area contributed by atoms with Crippen LogP contribution in [-0.2, 0) is 9.59 Å². The van der Waals surface area contributed by atoms with Gasteiger partial charge in [-0.2, -0.15) is 5.10 Å². The molecule has 31 heavy (non-hydrogen) atoms. The van der Waals surface area contributed by atoms with Crippen molar-refractivity contribution < 1.29 is 9.59 Å². The summed E-state index contributed by atoms with van der Waals surface area (Å²) < 4.78 is 0. The Morgan fingerprint density at radius 2 is 1.74 bits per heavy atom. The van der Waals surface area contributed by atoms with Gasteiger partial charge in [-0.3, -0.25) is 9.59 Å². The van der Waals surface area contributed by atoms with Crippen LogP contribution in [0.5, 0.6) is 0 Å². The molecule has 0 N–H and O–H groups in total. The van der Waals surface area contributed by atoms with Crippen molar-refractivity contribution >= 4 is 17.5 Å². The standard InChI is InChI=1S/C26H31N3O2/c1-17-8-11-20(12-9-17)24-15-23(22-13-10-18(2)19(3)14-22)27-29(24)25(30)16-28(4)26(31)21-6-5-7-21/h8-14,21,24H,5-7,15-16H2,1-4H3. The quantitative estimate of drug-likeness (QED) is 0.717. The average Bonchev–Trinajstić information content (AvgIpc) is 3.15. The van der Waals surface area contributed by atoms with E-state index in [1.165, 1.54) is 16.7 Å². The molecule has 0 bridgehead atoms. The van der Waals surface area contributed by atoms with Crippen LogP contribution < -0.4 is 0 Å². The van der Waals surface area contributed by atoms with E-state index >= 15 is 0 Å². The summed E-state index contributed by atoms with van der Waals surface area (Å²) in [6, 6.07) is 14.4. The van der Waals surface area contributed by atoms with Crippen molar-refractivity contribution in [2.24, 2.45) is 11.0 Å². The molecule has 0 saturated heterocycles. The van der Waals surface area contributed by atoms with Gasteiger partial charge in [0.15, 0.2) is 0 Å². The van der Waals surface area contributed by atoms with Gasteiger partial charge >= 0.3 is 0 Å². The van der Waals surface area contributed by atoms with E-state index in [4.69, 9.17) is 5.10 Å². The summed E-state index contributed by atoms with van der Waals surface area (Å²) in [6.45, 7) is 6.30. The normalized spacial score (nSPS) is 18.5. The highest BCUT2D eigenvalue weighted by molar-refractivity contribution is 6.03. The van der Waals surface area contributed by atoms with Gasteiger partial charge in [-0.1, -0.05) is 48.4 Å². The molecular weight excluding hydrogens is 386 g/mol. The van der Waals surface area contributed by atoms with Gasteiger partial charge in [-0.15, -0.1) is 0 Å². The van der Waals surface area contributed by atoms with Gasteiger partial charge < -0.3 is 4.90 Å². The highest BCUT2D eigenvalue weighted by atomic mass is 16.2. The molecule has 162 valence electrons. The van der Waals surface area contributed by atoms with Crippen LogP contribution in [0.15, 0.2) is 47.6 Å². The van der Waals surface area contributed by atoms with Crippen molar-refractivity contribution in [3.05, 3.63) is 70.3 Å². The van der Waals surface area contributed by atoms with Crippen LogP contribution in [0.1, 0.15) is 59.5 Å². The Morgan fingerprint density at radius 3 is 2.35 bits per heavy atom. The first kappa shape index (κ1) is 21.3. The zero-order chi connectivity index (χ0) is 22.1. The van der Waals surface area contributed by atoms with E-state index in [1.54, 1.807) is 17.0 Å². The molecule has 1 unspecified atom stereocenters. The fraction of sp³-hybridized carbons (Fsp3) is 0.423. The van der Waals surface area contributed by atoms with Gasteiger partial charge in [0.05, 0.1) is 11.8 Å². The molecular formula is C26H31N3O2. The number of hydrazone groups is 1. The third-order valence-electron chi connectivity index (χ3n) is 6.67. The third-order valence-corrected chi connectivity index (χ3v) is 6.67. The highest BCUT2D eigenvalue weighted by Gasteiger charge is 2.35. The van der Waals surface area contributed by atoms with Crippen LogP contribution in [0.4, 0.5) is 0 Å². The maximum Gasteiger partial charge on any atom is 0.262 e. The maximum absolute atomic E-state index is 13.3. The van der Waals surface area contributed by atoms with E-state index in [9.17, 15) is 9.59 Å². The summed E-state index contributed by atoms with van der Waals surface area (Å²) in [5.41, 5.74) is 6.66. The van der Waals surface area contributed by atoms with E-state index in [2.05, 4.69) is 63.2 Å². The monoisotopic (exact) mass is 417 g/mol. The van der Waals surface area contributed by atoms with Gasteiger partial charge in [0, 0.05) is 19.4 Å². The first-order valence-corrected chi connectivity index (χ1v) is 11.1. The Kier molecular flexibility index (Phi) is 5.94. The van der Waals surface area contributed by atoms with Crippen LogP contribution in [0, 0.1) is 26.7 Å². The van der Waals surface area contributed by atoms with E-state index in [0.717, 1.165) is 36.1 Å². The summed E-state index contributed by atoms with van der Waals surface area (Å²) in [5.74, 6) is 0.0162. The number of benzene rings is 2. The largest absolute Gasteiger partial charge is 0.336 e. The lowest BCUT2D eigenvalue weighted by atomic mass is 9.84. The van der Waals surface area contributed by atoms with Crippen molar-refractivity contribution in [2.45, 2.75) is 52.5 Å². The zero-order valence-corrected chi connectivity index (χ0v) is 18.9. The number of aryl methyl sites for hydroxylation is 3. The Bertz CT molecular complexity index is 1020. The van der Waals surface area contributed by atoms with E-state index in [1.807, 2.05) is 0 Å². The lowest BCUT2D eigenvalue weighted by molar-refractivity contribution is -0.144. The third kappa shape index (κ3) is 4.41. The van der Waals surface area contributed by atoms with Crippen molar-refractivity contribution in [1.82, 2.24) is 9.91 Å². The topological polar surface area (TPSA) is 53.0 Å². The van der Waals surface area contributed by atoms with E-state index in [-0.39, 0.29) is 30.3 Å². The second-order valence-corrected chi connectivity index (χ2v) is 9.04. The summed E-state index contributed by atoms with van der Waals surface area (Å²) in [7, 11) is 1.73. The number of hydrogen-bond donors (Lipinski definition) is 0. The first-order chi connectivity index (χ1) is 14.8. The fourth-order valence-corrected chi connectivity index (χ4v) is 4.20. The lowest BCUT2D eigenvalue weighted by Gasteiger charge is -2.30. The minimum absolute atomic E-state index is 0.0569. The SMILES string of the molecule is Cc1ccc(C2CC(c3ccc(C)c(C)c3)=NN2C(=O)CN(C)C(=O)C2CCC2)cc1. The summed E-state index contributed by atoms with van der Waals surface area (Å²) >= 11 is 0. The fourth-order valence-electron chi connectivity index (χ4n) is 4.20. The minimum Gasteiger partial charge on any atom is -0.336 e. The smallest absolute Gasteiger partial charge is 0.262 e. The Hall–Kier alpha value is -2.95. The molecule has 2 aromatic carbocycles. The molecule has 0 radical (unpaired) electrons. The Morgan fingerprint density at radius 1 is 1.03 bits per heavy atom. The predicted molar refractivity (Wildman–Crippen MR) is 123 cm³/mol. The molecule has 1 heterocycles. The summed E-state index contributed by atoms with van der Waals surface area (Å²) in [5, 5.41) is 6.36. The Balaban J connectivity index is 1.59. The number of carbonyl (C=O) groups excluding carboxylic acids is 2. The van der Waals surface area contributed by atoms with Crippen LogP contribution >= 0.6 is 0 Å². The highest BCUT2D eigenvalue weighted by Crippen LogP contribution is 2.34. The molecule has 0 aromatic heterocycles. The van der Waals surface area contributed by atoms with Crippen molar-refractivity contribution in [3.63, 3.8) is 0 Å². The van der Waals surface area contributed by atoms with Gasteiger partial charge in [0.2, 0.25) is 5.91 Å². The number of hydrogen-bond acceptors (Lipinski definition) is 3. The molecule has 0 spiro atoms. The number of nitrogens with zero attached hydrogens (tertiary/aromatic N) is 3. The number of carbonyl (C=O) groups is 2. The summed E-state index contributed by atoms with van der Waals surface area (Å²) in [4.78, 5) is 27.4. The molecule has 1 aliphatic heterocycles. The zero-order valence-electron chi connectivity index (χ0n) is 18.9. The molecule has 5 nitrogen and oxygen atoms in total. The second kappa shape index (κ2) is 8.66. The van der Waals surface area contributed by atoms with Crippen LogP contribution in [0.2, 0.25) is 0 Å². The van der Waals surface area contributed by atoms with Crippen molar-refractivity contribution in [3.8, 4) is 0 Å². The van der Waals surface area contributed by atoms with Crippen LogP contribution in [0.3, 0.4) is 0 Å². The summed E-state index contributed by atoms with van der Waals surface area (Å²) in [6.07, 6.45) is 3.63. The van der Waals surface area contributed by atoms with Crippen LogP contribution in [0.25, 0.3) is 0 Å². The minimum atomic E-state index is -0.156.